The molecule has 0 bridgehead atoms. The van der Waals surface area contributed by atoms with Crippen LogP contribution in [0.4, 0.5) is 5.13 Å². The number of hydrogen-bond acceptors (Lipinski definition) is 6. The van der Waals surface area contributed by atoms with E-state index in [4.69, 9.17) is 0 Å². The summed E-state index contributed by atoms with van der Waals surface area (Å²) in [4.78, 5) is 13.9. The number of nitrogens with one attached hydrogen (secondary N) is 1. The molecule has 1 aliphatic rings. The van der Waals surface area contributed by atoms with E-state index in [1.54, 1.807) is 23.1 Å². The second-order valence-corrected chi connectivity index (χ2v) is 7.78. The van der Waals surface area contributed by atoms with Gasteiger partial charge in [0.1, 0.15) is 0 Å². The van der Waals surface area contributed by atoms with Crippen molar-refractivity contribution in [2.75, 3.05) is 11.6 Å². The number of hydrogen-bond donors (Lipinski definition) is 1. The summed E-state index contributed by atoms with van der Waals surface area (Å²) in [6.45, 7) is 0. The molecule has 20 heavy (non-hydrogen) atoms. The Morgan fingerprint density at radius 3 is 2.80 bits per heavy atom. The van der Waals surface area contributed by atoms with Gasteiger partial charge in [0, 0.05) is 4.88 Å². The zero-order valence-corrected chi connectivity index (χ0v) is 13.5. The molecular formula is C13H15N3OS3. The van der Waals surface area contributed by atoms with Crippen molar-refractivity contribution in [2.45, 2.75) is 35.4 Å². The molecule has 1 N–H and O–H groups in total. The number of carbonyl (C=O) groups is 1. The number of thiophene rings is 1. The van der Waals surface area contributed by atoms with Crippen LogP contribution in [-0.2, 0) is 10.2 Å². The maximum absolute atomic E-state index is 12.8. The average molecular weight is 325 g/mol. The van der Waals surface area contributed by atoms with Gasteiger partial charge in [0.2, 0.25) is 11.0 Å². The molecule has 4 nitrogen and oxygen atoms in total. The van der Waals surface area contributed by atoms with E-state index >= 15 is 0 Å². The monoisotopic (exact) mass is 325 g/mol. The lowest BCUT2D eigenvalue weighted by Crippen LogP contribution is -2.37. The summed E-state index contributed by atoms with van der Waals surface area (Å²) < 4.78 is 0.872. The van der Waals surface area contributed by atoms with Crippen LogP contribution in [0.1, 0.15) is 30.6 Å². The van der Waals surface area contributed by atoms with Gasteiger partial charge in [-0.3, -0.25) is 10.1 Å². The highest BCUT2D eigenvalue weighted by molar-refractivity contribution is 8.00. The molecule has 0 radical (unpaired) electrons. The Hall–Kier alpha value is -0.920. The highest BCUT2D eigenvalue weighted by atomic mass is 32.2. The van der Waals surface area contributed by atoms with E-state index in [-0.39, 0.29) is 11.3 Å². The van der Waals surface area contributed by atoms with E-state index in [1.807, 2.05) is 17.7 Å². The van der Waals surface area contributed by atoms with Crippen molar-refractivity contribution in [3.05, 3.63) is 22.4 Å². The number of rotatable bonds is 4. The van der Waals surface area contributed by atoms with Gasteiger partial charge in [0.25, 0.3) is 0 Å². The first-order chi connectivity index (χ1) is 9.74. The Bertz CT molecular complexity index is 588. The van der Waals surface area contributed by atoms with Crippen molar-refractivity contribution in [3.63, 3.8) is 0 Å². The SMILES string of the molecule is CSc1nnc(NC(=O)C2(c3cccs3)CCCC2)s1. The molecule has 1 fully saturated rings. The fourth-order valence-corrected chi connectivity index (χ4v) is 4.82. The number of carbonyl (C=O) groups excluding carboxylic acids is 1. The largest absolute Gasteiger partial charge is 0.300 e. The molecule has 1 amide bonds. The zero-order chi connectivity index (χ0) is 14.0. The first kappa shape index (κ1) is 14.0. The molecule has 2 aromatic rings. The number of anilines is 1. The fourth-order valence-electron chi connectivity index (χ4n) is 2.67. The van der Waals surface area contributed by atoms with Crippen LogP contribution >= 0.6 is 34.4 Å². The van der Waals surface area contributed by atoms with E-state index in [0.29, 0.717) is 5.13 Å². The molecule has 1 saturated carbocycles. The van der Waals surface area contributed by atoms with Crippen molar-refractivity contribution in [1.82, 2.24) is 10.2 Å². The summed E-state index contributed by atoms with van der Waals surface area (Å²) in [7, 11) is 0. The van der Waals surface area contributed by atoms with Gasteiger partial charge in [0.05, 0.1) is 5.41 Å². The van der Waals surface area contributed by atoms with E-state index in [9.17, 15) is 4.79 Å². The Morgan fingerprint density at radius 1 is 1.40 bits per heavy atom. The second kappa shape index (κ2) is 5.83. The molecule has 3 rings (SSSR count). The third-order valence-electron chi connectivity index (χ3n) is 3.69. The van der Waals surface area contributed by atoms with E-state index < -0.39 is 0 Å². The number of amides is 1. The van der Waals surface area contributed by atoms with Crippen LogP contribution in [0.5, 0.6) is 0 Å². The average Bonchev–Trinajstić information content (AvgIpc) is 3.19. The minimum absolute atomic E-state index is 0.0706. The summed E-state index contributed by atoms with van der Waals surface area (Å²) in [6, 6.07) is 4.09. The summed E-state index contributed by atoms with van der Waals surface area (Å²) >= 11 is 4.64. The second-order valence-electron chi connectivity index (χ2n) is 4.80. The standard InChI is InChI=1S/C13H15N3OS3/c1-18-12-16-15-11(20-12)14-10(17)13(6-2-3-7-13)9-5-4-8-19-9/h4-5,8H,2-3,6-7H2,1H3,(H,14,15,17). The molecule has 0 saturated heterocycles. The smallest absolute Gasteiger partial charge is 0.237 e. The van der Waals surface area contributed by atoms with Gasteiger partial charge in [-0.2, -0.15) is 0 Å². The van der Waals surface area contributed by atoms with Crippen molar-refractivity contribution >= 4 is 45.5 Å². The van der Waals surface area contributed by atoms with Crippen molar-refractivity contribution in [2.24, 2.45) is 0 Å². The summed E-state index contributed by atoms with van der Waals surface area (Å²) in [6.07, 6.45) is 6.02. The van der Waals surface area contributed by atoms with Crippen molar-refractivity contribution in [1.29, 1.82) is 0 Å². The summed E-state index contributed by atoms with van der Waals surface area (Å²) in [5.41, 5.74) is -0.362. The van der Waals surface area contributed by atoms with Gasteiger partial charge < -0.3 is 0 Å². The van der Waals surface area contributed by atoms with Crippen LogP contribution in [0, 0.1) is 0 Å². The Kier molecular flexibility index (Phi) is 4.09. The highest BCUT2D eigenvalue weighted by Gasteiger charge is 2.43. The van der Waals surface area contributed by atoms with E-state index in [1.165, 1.54) is 16.2 Å². The fraction of sp³-hybridized carbons (Fsp3) is 0.462. The molecule has 0 atom stereocenters. The molecule has 1 aliphatic carbocycles. The van der Waals surface area contributed by atoms with Gasteiger partial charge >= 0.3 is 0 Å². The lowest BCUT2D eigenvalue weighted by Gasteiger charge is -2.25. The predicted molar refractivity (Wildman–Crippen MR) is 84.8 cm³/mol. The number of nitrogens with zero attached hydrogens (tertiary/aromatic N) is 2. The minimum atomic E-state index is -0.362. The molecule has 2 aromatic heterocycles. The normalized spacial score (nSPS) is 17.2. The molecule has 0 spiro atoms. The Labute approximate surface area is 130 Å². The molecule has 7 heteroatoms. The van der Waals surface area contributed by atoms with Crippen LogP contribution in [-0.4, -0.2) is 22.4 Å². The van der Waals surface area contributed by atoms with Gasteiger partial charge in [-0.05, 0) is 30.5 Å². The lowest BCUT2D eigenvalue weighted by molar-refractivity contribution is -0.121. The first-order valence-corrected chi connectivity index (χ1v) is 9.40. The molecule has 2 heterocycles. The predicted octanol–water partition coefficient (Wildman–Crippen LogP) is 3.77. The van der Waals surface area contributed by atoms with Gasteiger partial charge in [0.15, 0.2) is 4.34 Å². The molecule has 106 valence electrons. The van der Waals surface area contributed by atoms with Gasteiger partial charge in [-0.1, -0.05) is 42.0 Å². The zero-order valence-electron chi connectivity index (χ0n) is 11.1. The number of aromatic nitrogens is 2. The molecule has 0 aromatic carbocycles. The maximum Gasteiger partial charge on any atom is 0.237 e. The quantitative estimate of drug-likeness (QED) is 0.687. The third-order valence-corrected chi connectivity index (χ3v) is 6.57. The lowest BCUT2D eigenvalue weighted by atomic mass is 9.83. The maximum atomic E-state index is 12.8. The van der Waals surface area contributed by atoms with E-state index in [0.717, 1.165) is 30.0 Å². The molecular weight excluding hydrogens is 310 g/mol. The van der Waals surface area contributed by atoms with Crippen molar-refractivity contribution in [3.8, 4) is 0 Å². The van der Waals surface area contributed by atoms with Crippen molar-refractivity contribution < 1.29 is 4.79 Å². The van der Waals surface area contributed by atoms with Gasteiger partial charge in [-0.15, -0.1) is 21.5 Å². The Balaban J connectivity index is 1.83. The van der Waals surface area contributed by atoms with Crippen LogP contribution in [0.15, 0.2) is 21.9 Å². The summed E-state index contributed by atoms with van der Waals surface area (Å²) in [5, 5.41) is 13.7. The van der Waals surface area contributed by atoms with Crippen LogP contribution in [0.2, 0.25) is 0 Å². The highest BCUT2D eigenvalue weighted by Crippen LogP contribution is 2.44. The van der Waals surface area contributed by atoms with Crippen LogP contribution in [0.25, 0.3) is 0 Å². The van der Waals surface area contributed by atoms with E-state index in [2.05, 4.69) is 21.6 Å². The molecule has 0 aliphatic heterocycles. The topological polar surface area (TPSA) is 54.9 Å². The minimum Gasteiger partial charge on any atom is -0.300 e. The summed E-state index contributed by atoms with van der Waals surface area (Å²) in [5.74, 6) is 0.0706. The molecule has 0 unspecified atom stereocenters. The van der Waals surface area contributed by atoms with Crippen LogP contribution < -0.4 is 5.32 Å². The van der Waals surface area contributed by atoms with Crippen LogP contribution in [0.3, 0.4) is 0 Å². The first-order valence-electron chi connectivity index (χ1n) is 6.47. The third kappa shape index (κ3) is 2.49. The Morgan fingerprint density at radius 2 is 2.20 bits per heavy atom. The number of thioether (sulfide) groups is 1. The van der Waals surface area contributed by atoms with Gasteiger partial charge in [-0.25, -0.2) is 0 Å².